The van der Waals surface area contributed by atoms with Crippen molar-refractivity contribution in [3.63, 3.8) is 0 Å². The topological polar surface area (TPSA) is 0 Å². The molecule has 0 aliphatic heterocycles. The summed E-state index contributed by atoms with van der Waals surface area (Å²) >= 11 is 1.45. The van der Waals surface area contributed by atoms with Crippen molar-refractivity contribution in [2.45, 2.75) is 182 Å². The quantitative estimate of drug-likeness (QED) is 0.208. The van der Waals surface area contributed by atoms with Crippen LogP contribution in [0.15, 0.2) is 116 Å². The average molecular weight is 1020 g/mol. The van der Waals surface area contributed by atoms with Crippen molar-refractivity contribution in [2.24, 2.45) is 0 Å². The fraction of sp³-hybridized carbons (Fsp3) is 0.500. The molecule has 0 amide bonds. The van der Waals surface area contributed by atoms with Crippen molar-refractivity contribution in [1.29, 1.82) is 0 Å². The SMILES string of the molecule is CC1=[C-]C2=CC3=C(CCC3)C(c3cc(C(C)(C)C)cc(C(C)(C)C)c3)C2=C1.CC1=[C-]C2=CC3=C(CCC3)C(c3cc(C(C)(C)C)cc(C(C)(C)C)c3)C2=C1.C[Si](C)=[Hf+2].[Cl-].[Cl-]. The first-order chi connectivity index (χ1) is 26.8. The molecule has 0 radical (unpaired) electrons. The van der Waals surface area contributed by atoms with Crippen LogP contribution in [0.2, 0.25) is 13.1 Å². The summed E-state index contributed by atoms with van der Waals surface area (Å²) in [5.41, 5.74) is 24.3. The van der Waals surface area contributed by atoms with Gasteiger partial charge in [0.25, 0.3) is 0 Å². The van der Waals surface area contributed by atoms with E-state index in [0.717, 1.165) is 0 Å². The van der Waals surface area contributed by atoms with Gasteiger partial charge < -0.3 is 24.8 Å². The summed E-state index contributed by atoms with van der Waals surface area (Å²) in [6.07, 6.45) is 24.3. The van der Waals surface area contributed by atoms with Gasteiger partial charge >= 0.3 is 41.6 Å². The maximum Gasteiger partial charge on any atom is -1.00 e. The van der Waals surface area contributed by atoms with Crippen molar-refractivity contribution in [2.75, 3.05) is 0 Å². The second-order valence-corrected chi connectivity index (χ2v) is 35.1. The van der Waals surface area contributed by atoms with Crippen molar-refractivity contribution in [3.05, 3.63) is 162 Å². The Hall–Kier alpha value is -1.97. The largest absolute Gasteiger partial charge is 1.00 e. The zero-order valence-electron chi connectivity index (χ0n) is 39.9. The van der Waals surface area contributed by atoms with Crippen LogP contribution in [0.25, 0.3) is 0 Å². The summed E-state index contributed by atoms with van der Waals surface area (Å²) in [6, 6.07) is 14.8. The zero-order chi connectivity index (χ0) is 42.7. The molecule has 320 valence electrons. The third-order valence-corrected chi connectivity index (χ3v) is 12.6. The Bertz CT molecular complexity index is 2040. The van der Waals surface area contributed by atoms with Gasteiger partial charge in [-0.25, -0.2) is 0 Å². The molecule has 0 heterocycles. The summed E-state index contributed by atoms with van der Waals surface area (Å²) in [4.78, 5) is 0. The van der Waals surface area contributed by atoms with Crippen LogP contribution in [0.1, 0.15) is 181 Å². The fourth-order valence-corrected chi connectivity index (χ4v) is 9.40. The van der Waals surface area contributed by atoms with E-state index in [0.29, 0.717) is 11.8 Å². The van der Waals surface area contributed by atoms with Crippen molar-refractivity contribution >= 4 is 5.49 Å². The second-order valence-electron chi connectivity index (χ2n) is 22.3. The van der Waals surface area contributed by atoms with Crippen molar-refractivity contribution in [3.8, 4) is 0 Å². The number of allylic oxidation sites excluding steroid dienone is 16. The summed E-state index contributed by atoms with van der Waals surface area (Å²) < 4.78 is 0. The number of fused-ring (bicyclic) bond motifs is 2. The normalized spacial score (nSPS) is 20.6. The number of rotatable bonds is 2. The van der Waals surface area contributed by atoms with Crippen LogP contribution in [-0.2, 0) is 44.7 Å². The molecule has 0 saturated heterocycles. The minimum atomic E-state index is 0. The van der Waals surface area contributed by atoms with E-state index < -0.39 is 0 Å². The van der Waals surface area contributed by atoms with Crippen LogP contribution < -0.4 is 24.8 Å². The first kappa shape index (κ1) is 50.7. The van der Waals surface area contributed by atoms with Gasteiger partial charge in [0.1, 0.15) is 0 Å². The predicted molar refractivity (Wildman–Crippen MR) is 250 cm³/mol. The van der Waals surface area contributed by atoms with Gasteiger partial charge in [0.15, 0.2) is 0 Å². The van der Waals surface area contributed by atoms with Gasteiger partial charge in [-0.1, -0.05) is 156 Å². The van der Waals surface area contributed by atoms with Crippen molar-refractivity contribution < 1.29 is 47.8 Å². The van der Waals surface area contributed by atoms with E-state index in [1.807, 2.05) is 0 Å². The van der Waals surface area contributed by atoms with Gasteiger partial charge in [-0.05, 0) is 105 Å². The standard InChI is InChI=1S/2C27H33.C2H6Si.2ClH.Hf/c2*1-17-11-19-13-18-9-8-10-23(18)25(24(19)12-17)20-14-21(26(2,3)4)16-22(15-20)27(5,6)7;1-3-2;;;/h2*12-16,25H,8-10H2,1-7H3;1-2H3;2*1H;/q2*-1;;;;+2/p-2. The summed E-state index contributed by atoms with van der Waals surface area (Å²) in [7, 11) is 0. The Labute approximate surface area is 394 Å². The Morgan fingerprint density at radius 3 is 1.03 bits per heavy atom. The second kappa shape index (κ2) is 19.0. The Kier molecular flexibility index (Phi) is 16.1. The summed E-state index contributed by atoms with van der Waals surface area (Å²) in [5, 5.41) is 0. The van der Waals surface area contributed by atoms with E-state index in [2.05, 4.69) is 183 Å². The molecule has 8 rings (SSSR count). The Morgan fingerprint density at radius 1 is 0.483 bits per heavy atom. The number of halogens is 2. The van der Waals surface area contributed by atoms with Crippen molar-refractivity contribution in [1.82, 2.24) is 0 Å². The molecule has 0 fully saturated rings. The molecule has 0 saturated carbocycles. The molecule has 2 aromatic carbocycles. The maximum absolute atomic E-state index is 3.61. The molecular formula is C56H72Cl2HfSi-2. The van der Waals surface area contributed by atoms with Gasteiger partial charge in [0, 0.05) is 0 Å². The van der Waals surface area contributed by atoms with Crippen LogP contribution in [0.5, 0.6) is 0 Å². The summed E-state index contributed by atoms with van der Waals surface area (Å²) in [5.74, 6) is 0.826. The van der Waals surface area contributed by atoms with Gasteiger partial charge in [-0.2, -0.15) is 34.4 Å². The van der Waals surface area contributed by atoms with E-state index in [9.17, 15) is 0 Å². The van der Waals surface area contributed by atoms with E-state index in [4.69, 9.17) is 0 Å². The van der Waals surface area contributed by atoms with Crippen LogP contribution >= 0.6 is 0 Å². The molecule has 4 heteroatoms. The average Bonchev–Trinajstić information content (AvgIpc) is 3.90. The molecule has 6 aliphatic carbocycles. The number of benzene rings is 2. The molecule has 2 unspecified atom stereocenters. The first-order valence-electron chi connectivity index (χ1n) is 22.2. The third-order valence-electron chi connectivity index (χ3n) is 12.6. The van der Waals surface area contributed by atoms with E-state index in [-0.39, 0.29) is 52.0 Å². The van der Waals surface area contributed by atoms with Crippen LogP contribution in [0.4, 0.5) is 0 Å². The molecule has 60 heavy (non-hydrogen) atoms. The van der Waals surface area contributed by atoms with Crippen LogP contribution in [-0.4, -0.2) is 5.49 Å². The third kappa shape index (κ3) is 11.4. The molecule has 0 aromatic heterocycles. The van der Waals surface area contributed by atoms with E-state index in [1.165, 1.54) is 128 Å². The number of hydrogen-bond donors (Lipinski definition) is 0. The molecule has 0 bridgehead atoms. The fourth-order valence-electron chi connectivity index (χ4n) is 9.40. The minimum Gasteiger partial charge on any atom is -1.00 e. The maximum atomic E-state index is 3.61. The minimum absolute atomic E-state index is 0. The summed E-state index contributed by atoms with van der Waals surface area (Å²) in [6.45, 7) is 37.0. The molecule has 2 aromatic rings. The predicted octanol–water partition coefficient (Wildman–Crippen LogP) is 9.74. The monoisotopic (exact) mass is 1020 g/mol. The number of hydrogen-bond acceptors (Lipinski definition) is 0. The van der Waals surface area contributed by atoms with Crippen LogP contribution in [0, 0.1) is 12.2 Å². The molecule has 6 aliphatic rings. The van der Waals surface area contributed by atoms with E-state index in [1.54, 1.807) is 22.3 Å². The molecule has 0 spiro atoms. The first-order valence-corrected chi connectivity index (χ1v) is 30.1. The molecule has 0 N–H and O–H groups in total. The molecule has 2 atom stereocenters. The van der Waals surface area contributed by atoms with Gasteiger partial charge in [0.2, 0.25) is 0 Å². The van der Waals surface area contributed by atoms with Crippen LogP contribution in [0.3, 0.4) is 0 Å². The Morgan fingerprint density at radius 2 is 0.767 bits per heavy atom. The molecule has 0 nitrogen and oxygen atoms in total. The van der Waals surface area contributed by atoms with E-state index >= 15 is 0 Å². The molecular weight excluding hydrogens is 950 g/mol. The zero-order valence-corrected chi connectivity index (χ0v) is 46.0. The smallest absolute Gasteiger partial charge is 1.00 e. The van der Waals surface area contributed by atoms with Gasteiger partial charge in [-0.3, -0.25) is 0 Å². The van der Waals surface area contributed by atoms with Gasteiger partial charge in [0.05, 0.1) is 0 Å². The van der Waals surface area contributed by atoms with Gasteiger partial charge in [-0.15, -0.1) is 35.5 Å². The Balaban J connectivity index is 0.000000236.